The van der Waals surface area contributed by atoms with Crippen molar-refractivity contribution in [3.8, 4) is 5.75 Å². The van der Waals surface area contributed by atoms with Gasteiger partial charge in [-0.05, 0) is 75.3 Å². The van der Waals surface area contributed by atoms with Gasteiger partial charge in [-0.1, -0.05) is 12.5 Å². The molecule has 1 aromatic rings. The van der Waals surface area contributed by atoms with Gasteiger partial charge in [0.05, 0.1) is 19.1 Å². The molecule has 1 saturated carbocycles. The van der Waals surface area contributed by atoms with Gasteiger partial charge in [0.25, 0.3) is 0 Å². The summed E-state index contributed by atoms with van der Waals surface area (Å²) < 4.78 is 10.6. The molecule has 0 aliphatic heterocycles. The van der Waals surface area contributed by atoms with Gasteiger partial charge in [0.15, 0.2) is 0 Å². The molecule has 0 aromatic heterocycles. The van der Waals surface area contributed by atoms with E-state index in [9.17, 15) is 4.79 Å². The number of aryl methyl sites for hydroxylation is 1. The summed E-state index contributed by atoms with van der Waals surface area (Å²) in [5.74, 6) is 0.959. The van der Waals surface area contributed by atoms with Gasteiger partial charge >= 0.3 is 5.97 Å². The second kappa shape index (κ2) is 7.56. The first-order valence-corrected chi connectivity index (χ1v) is 9.23. The Morgan fingerprint density at radius 1 is 1.33 bits per heavy atom. The third-order valence-electron chi connectivity index (χ3n) is 5.70. The molecule has 0 heterocycles. The molecule has 3 rings (SSSR count). The summed E-state index contributed by atoms with van der Waals surface area (Å²) in [6.07, 6.45) is 7.32. The Morgan fingerprint density at radius 2 is 2.17 bits per heavy atom. The lowest BCUT2D eigenvalue weighted by Gasteiger charge is -2.39. The average Bonchev–Trinajstić information content (AvgIpc) is 2.56. The van der Waals surface area contributed by atoms with Crippen molar-refractivity contribution in [3.63, 3.8) is 0 Å². The van der Waals surface area contributed by atoms with Crippen molar-refractivity contribution < 1.29 is 14.3 Å². The lowest BCUT2D eigenvalue weighted by molar-refractivity contribution is -0.161. The van der Waals surface area contributed by atoms with E-state index in [0.717, 1.165) is 57.2 Å². The van der Waals surface area contributed by atoms with Crippen LogP contribution < -0.4 is 10.1 Å². The van der Waals surface area contributed by atoms with Crippen LogP contribution >= 0.6 is 0 Å². The summed E-state index contributed by atoms with van der Waals surface area (Å²) in [6.45, 7) is 3.27. The molecular formula is C20H29NO3. The van der Waals surface area contributed by atoms with Crippen molar-refractivity contribution in [2.24, 2.45) is 5.41 Å². The van der Waals surface area contributed by atoms with Crippen LogP contribution in [0.1, 0.15) is 50.2 Å². The van der Waals surface area contributed by atoms with Crippen LogP contribution in [0.5, 0.6) is 5.75 Å². The predicted molar refractivity (Wildman–Crippen MR) is 94.3 cm³/mol. The fourth-order valence-corrected chi connectivity index (χ4v) is 3.99. The van der Waals surface area contributed by atoms with Gasteiger partial charge in [-0.3, -0.25) is 4.79 Å². The summed E-state index contributed by atoms with van der Waals surface area (Å²) in [7, 11) is 1.72. The van der Waals surface area contributed by atoms with E-state index in [-0.39, 0.29) is 11.4 Å². The van der Waals surface area contributed by atoms with E-state index >= 15 is 0 Å². The number of esters is 1. The molecule has 1 N–H and O–H groups in total. The van der Waals surface area contributed by atoms with Crippen molar-refractivity contribution >= 4 is 5.97 Å². The minimum atomic E-state index is -0.205. The van der Waals surface area contributed by atoms with Crippen LogP contribution in [-0.4, -0.2) is 32.3 Å². The Hall–Kier alpha value is -1.55. The summed E-state index contributed by atoms with van der Waals surface area (Å²) in [4.78, 5) is 12.2. The standard InChI is InChI=1S/C20H29NO3/c1-3-24-19(22)20(9-4-10-20)11-12-21-17-7-5-16-14-18(23-2)8-6-15(16)13-17/h6,8,14,17,21H,3-5,7,9-13H2,1-2H3. The average molecular weight is 331 g/mol. The zero-order chi connectivity index (χ0) is 17.0. The molecule has 0 amide bonds. The first-order chi connectivity index (χ1) is 11.7. The molecule has 4 heteroatoms. The number of ether oxygens (including phenoxy) is 2. The fraction of sp³-hybridized carbons (Fsp3) is 0.650. The lowest BCUT2D eigenvalue weighted by atomic mass is 9.66. The van der Waals surface area contributed by atoms with Crippen molar-refractivity contribution in [1.82, 2.24) is 5.32 Å². The quantitative estimate of drug-likeness (QED) is 0.779. The minimum absolute atomic E-state index is 0.0131. The number of nitrogens with one attached hydrogen (secondary N) is 1. The van der Waals surface area contributed by atoms with E-state index in [4.69, 9.17) is 9.47 Å². The second-order valence-electron chi connectivity index (χ2n) is 7.13. The van der Waals surface area contributed by atoms with Crippen LogP contribution in [0.3, 0.4) is 0 Å². The Morgan fingerprint density at radius 3 is 2.83 bits per heavy atom. The molecule has 2 aliphatic rings. The smallest absolute Gasteiger partial charge is 0.312 e. The maximum atomic E-state index is 12.2. The van der Waals surface area contributed by atoms with Crippen LogP contribution in [0.25, 0.3) is 0 Å². The minimum Gasteiger partial charge on any atom is -0.497 e. The van der Waals surface area contributed by atoms with Gasteiger partial charge in [0.2, 0.25) is 0 Å². The van der Waals surface area contributed by atoms with E-state index in [1.807, 2.05) is 13.0 Å². The van der Waals surface area contributed by atoms with Gasteiger partial charge in [-0.2, -0.15) is 0 Å². The molecule has 4 nitrogen and oxygen atoms in total. The summed E-state index contributed by atoms with van der Waals surface area (Å²) >= 11 is 0. The van der Waals surface area contributed by atoms with Crippen molar-refractivity contribution in [1.29, 1.82) is 0 Å². The summed E-state index contributed by atoms with van der Waals surface area (Å²) in [6, 6.07) is 6.90. The monoisotopic (exact) mass is 331 g/mol. The zero-order valence-electron chi connectivity index (χ0n) is 14.9. The number of benzene rings is 1. The molecule has 0 bridgehead atoms. The third-order valence-corrected chi connectivity index (χ3v) is 5.70. The number of rotatable bonds is 7. The van der Waals surface area contributed by atoms with Gasteiger partial charge in [0, 0.05) is 6.04 Å². The van der Waals surface area contributed by atoms with Crippen LogP contribution in [0.4, 0.5) is 0 Å². The van der Waals surface area contributed by atoms with Gasteiger partial charge in [0.1, 0.15) is 5.75 Å². The van der Waals surface area contributed by atoms with E-state index in [1.54, 1.807) is 7.11 Å². The van der Waals surface area contributed by atoms with E-state index in [2.05, 4.69) is 17.4 Å². The van der Waals surface area contributed by atoms with E-state index in [1.165, 1.54) is 11.1 Å². The molecule has 1 fully saturated rings. The number of fused-ring (bicyclic) bond motifs is 1. The summed E-state index contributed by atoms with van der Waals surface area (Å²) in [5.41, 5.74) is 2.63. The first kappa shape index (κ1) is 17.3. The Kier molecular flexibility index (Phi) is 5.44. The molecule has 0 radical (unpaired) electrons. The zero-order valence-corrected chi connectivity index (χ0v) is 14.9. The van der Waals surface area contributed by atoms with Crippen LogP contribution in [-0.2, 0) is 22.4 Å². The van der Waals surface area contributed by atoms with E-state index in [0.29, 0.717) is 12.6 Å². The van der Waals surface area contributed by atoms with Crippen LogP contribution in [0.15, 0.2) is 18.2 Å². The van der Waals surface area contributed by atoms with E-state index < -0.39 is 0 Å². The maximum absolute atomic E-state index is 12.2. The number of hydrogen-bond acceptors (Lipinski definition) is 4. The van der Waals surface area contributed by atoms with Crippen molar-refractivity contribution in [2.75, 3.05) is 20.3 Å². The highest BCUT2D eigenvalue weighted by Gasteiger charge is 2.44. The molecule has 24 heavy (non-hydrogen) atoms. The molecule has 1 aromatic carbocycles. The molecule has 2 aliphatic carbocycles. The largest absolute Gasteiger partial charge is 0.497 e. The SMILES string of the molecule is CCOC(=O)C1(CCNC2CCc3cc(OC)ccc3C2)CCC1. The van der Waals surface area contributed by atoms with Gasteiger partial charge < -0.3 is 14.8 Å². The lowest BCUT2D eigenvalue weighted by Crippen LogP contribution is -2.43. The Bertz CT molecular complexity index is 580. The normalized spacial score (nSPS) is 21.5. The summed E-state index contributed by atoms with van der Waals surface area (Å²) in [5, 5.41) is 3.67. The van der Waals surface area contributed by atoms with Crippen LogP contribution in [0.2, 0.25) is 0 Å². The number of hydrogen-bond donors (Lipinski definition) is 1. The van der Waals surface area contributed by atoms with Crippen molar-refractivity contribution in [2.45, 2.75) is 57.9 Å². The van der Waals surface area contributed by atoms with Gasteiger partial charge in [-0.25, -0.2) is 0 Å². The highest BCUT2D eigenvalue weighted by atomic mass is 16.5. The molecule has 1 atom stereocenters. The first-order valence-electron chi connectivity index (χ1n) is 9.23. The highest BCUT2D eigenvalue weighted by molar-refractivity contribution is 5.77. The van der Waals surface area contributed by atoms with Crippen LogP contribution in [0, 0.1) is 5.41 Å². The predicted octanol–water partition coefficient (Wildman–Crippen LogP) is 3.27. The molecular weight excluding hydrogens is 302 g/mol. The maximum Gasteiger partial charge on any atom is 0.312 e. The topological polar surface area (TPSA) is 47.6 Å². The molecule has 0 saturated heterocycles. The molecule has 132 valence electrons. The Labute approximate surface area is 144 Å². The fourth-order valence-electron chi connectivity index (χ4n) is 3.99. The number of carbonyl (C=O) groups is 1. The molecule has 1 unspecified atom stereocenters. The van der Waals surface area contributed by atoms with Crippen molar-refractivity contribution in [3.05, 3.63) is 29.3 Å². The Balaban J connectivity index is 1.50. The number of methoxy groups -OCH3 is 1. The third kappa shape index (κ3) is 3.59. The highest BCUT2D eigenvalue weighted by Crippen LogP contribution is 2.44. The molecule has 0 spiro atoms. The van der Waals surface area contributed by atoms with Gasteiger partial charge in [-0.15, -0.1) is 0 Å². The number of carbonyl (C=O) groups excluding carboxylic acids is 1. The second-order valence-corrected chi connectivity index (χ2v) is 7.13.